The van der Waals surface area contributed by atoms with Gasteiger partial charge in [0.05, 0.1) is 11.3 Å². The Morgan fingerprint density at radius 1 is 1.00 bits per heavy atom. The van der Waals surface area contributed by atoms with E-state index in [1.807, 2.05) is 0 Å². The van der Waals surface area contributed by atoms with Crippen molar-refractivity contribution in [1.82, 2.24) is 4.98 Å². The van der Waals surface area contributed by atoms with E-state index in [0.29, 0.717) is 0 Å². The summed E-state index contributed by atoms with van der Waals surface area (Å²) in [6, 6.07) is 6.78. The molecule has 0 N–H and O–H groups in total. The molecule has 3 nitrogen and oxygen atoms in total. The molecule has 1 aromatic carbocycles. The Balaban J connectivity index is 2.32. The minimum Gasteiger partial charge on any atom is -0.439 e. The van der Waals surface area contributed by atoms with E-state index in [1.165, 1.54) is 32.9 Å². The molecule has 0 aliphatic carbocycles. The molecule has 1 aromatic heterocycles. The highest BCUT2D eigenvalue weighted by atomic mass is 19.4. The van der Waals surface area contributed by atoms with Crippen LogP contribution in [-0.2, 0) is 11.8 Å². The van der Waals surface area contributed by atoms with Crippen LogP contribution in [0.2, 0.25) is 0 Å². The minimum absolute atomic E-state index is 0.0134. The number of carbonyl (C=O) groups excluding carboxylic acids is 1. The highest BCUT2D eigenvalue weighted by Gasteiger charge is 2.30. The van der Waals surface area contributed by atoms with Gasteiger partial charge in [0.15, 0.2) is 5.78 Å². The Bertz CT molecular complexity index is 747. The number of aromatic nitrogens is 1. The molecular formula is C17H15F4NO2. The zero-order valence-corrected chi connectivity index (χ0v) is 13.2. The number of halogens is 4. The molecule has 0 fully saturated rings. The first-order chi connectivity index (χ1) is 11.0. The average molecular weight is 341 g/mol. The maximum Gasteiger partial charge on any atom is 0.416 e. The molecule has 0 radical (unpaired) electrons. The average Bonchev–Trinajstić information content (AvgIpc) is 2.45. The Morgan fingerprint density at radius 2 is 1.58 bits per heavy atom. The number of Topliss-reactive ketones (excluding diaryl/α,β-unsaturated/α-hetero) is 1. The van der Waals surface area contributed by atoms with Gasteiger partial charge in [0.1, 0.15) is 11.4 Å². The molecule has 0 bridgehead atoms. The van der Waals surface area contributed by atoms with E-state index in [0.717, 1.165) is 24.3 Å². The van der Waals surface area contributed by atoms with Crippen LogP contribution < -0.4 is 4.74 Å². The first-order valence-electron chi connectivity index (χ1n) is 7.05. The molecule has 0 saturated heterocycles. The van der Waals surface area contributed by atoms with Crippen LogP contribution in [0.4, 0.5) is 17.6 Å². The van der Waals surface area contributed by atoms with Gasteiger partial charge in [-0.1, -0.05) is 0 Å². The van der Waals surface area contributed by atoms with Crippen molar-refractivity contribution in [2.45, 2.75) is 32.6 Å². The van der Waals surface area contributed by atoms with E-state index in [2.05, 4.69) is 4.98 Å². The fourth-order valence-electron chi connectivity index (χ4n) is 2.07. The molecule has 24 heavy (non-hydrogen) atoms. The number of benzene rings is 1. The molecule has 2 rings (SSSR count). The third kappa shape index (κ3) is 4.10. The molecule has 0 aliphatic heterocycles. The van der Waals surface area contributed by atoms with E-state index in [9.17, 15) is 22.4 Å². The van der Waals surface area contributed by atoms with Crippen molar-refractivity contribution >= 4 is 5.78 Å². The van der Waals surface area contributed by atoms with Crippen LogP contribution in [0.1, 0.15) is 42.4 Å². The van der Waals surface area contributed by atoms with Crippen LogP contribution in [0.25, 0.3) is 0 Å². The van der Waals surface area contributed by atoms with E-state index in [-0.39, 0.29) is 28.7 Å². The Labute approximate surface area is 136 Å². The van der Waals surface area contributed by atoms with E-state index in [1.54, 1.807) is 0 Å². The van der Waals surface area contributed by atoms with Crippen LogP contribution in [0.5, 0.6) is 11.6 Å². The fraction of sp³-hybridized carbons (Fsp3) is 0.294. The van der Waals surface area contributed by atoms with Gasteiger partial charge in [-0.05, 0) is 51.1 Å². The largest absolute Gasteiger partial charge is 0.439 e. The van der Waals surface area contributed by atoms with Gasteiger partial charge in [-0.25, -0.2) is 9.37 Å². The van der Waals surface area contributed by atoms with E-state index >= 15 is 0 Å². The third-order valence-electron chi connectivity index (χ3n) is 3.22. The number of nitrogens with zero attached hydrogens (tertiary/aromatic N) is 1. The quantitative estimate of drug-likeness (QED) is 0.559. The van der Waals surface area contributed by atoms with Crippen molar-refractivity contribution in [3.63, 3.8) is 0 Å². The van der Waals surface area contributed by atoms with Crippen molar-refractivity contribution in [2.24, 2.45) is 0 Å². The second-order valence-electron chi connectivity index (χ2n) is 5.70. The summed E-state index contributed by atoms with van der Waals surface area (Å²) >= 11 is 0. The van der Waals surface area contributed by atoms with Crippen LogP contribution >= 0.6 is 0 Å². The van der Waals surface area contributed by atoms with Crippen LogP contribution in [-0.4, -0.2) is 10.8 Å². The highest BCUT2D eigenvalue weighted by Crippen LogP contribution is 2.32. The Hall–Kier alpha value is -2.44. The summed E-state index contributed by atoms with van der Waals surface area (Å²) in [7, 11) is 0. The van der Waals surface area contributed by atoms with Crippen LogP contribution in [0.15, 0.2) is 36.4 Å². The first-order valence-corrected chi connectivity index (χ1v) is 7.05. The van der Waals surface area contributed by atoms with Gasteiger partial charge in [0.2, 0.25) is 5.88 Å². The van der Waals surface area contributed by atoms with Gasteiger partial charge >= 0.3 is 6.18 Å². The standard InChI is InChI=1S/C17H15F4NO2/c1-10(23)13-8-9-14(22-15(13)16(2,3)18)24-12-6-4-11(5-7-12)17(19,20)21/h4-9H,1-3H3. The number of ether oxygens (including phenoxy) is 1. The molecule has 0 aliphatic rings. The summed E-state index contributed by atoms with van der Waals surface area (Å²) in [5, 5.41) is 0. The second-order valence-corrected chi connectivity index (χ2v) is 5.70. The summed E-state index contributed by atoms with van der Waals surface area (Å²) < 4.78 is 57.2. The van der Waals surface area contributed by atoms with Gasteiger partial charge in [-0.3, -0.25) is 4.79 Å². The molecule has 2 aromatic rings. The summed E-state index contributed by atoms with van der Waals surface area (Å²) in [6.07, 6.45) is -4.44. The number of rotatable bonds is 4. The molecule has 7 heteroatoms. The van der Waals surface area contributed by atoms with Crippen molar-refractivity contribution < 1.29 is 27.1 Å². The number of pyridine rings is 1. The third-order valence-corrected chi connectivity index (χ3v) is 3.22. The highest BCUT2D eigenvalue weighted by molar-refractivity contribution is 5.95. The second kappa shape index (κ2) is 6.22. The van der Waals surface area contributed by atoms with Crippen molar-refractivity contribution in [2.75, 3.05) is 0 Å². The summed E-state index contributed by atoms with van der Waals surface area (Å²) in [4.78, 5) is 15.6. The van der Waals surface area contributed by atoms with Gasteiger partial charge in [0.25, 0.3) is 0 Å². The number of carbonyl (C=O) groups is 1. The van der Waals surface area contributed by atoms with E-state index in [4.69, 9.17) is 4.74 Å². The topological polar surface area (TPSA) is 39.2 Å². The lowest BCUT2D eigenvalue weighted by Crippen LogP contribution is -2.17. The zero-order valence-electron chi connectivity index (χ0n) is 13.2. The first kappa shape index (κ1) is 17.9. The lowest BCUT2D eigenvalue weighted by Gasteiger charge is -2.18. The SMILES string of the molecule is CC(=O)c1ccc(Oc2ccc(C(F)(F)F)cc2)nc1C(C)(C)F. The predicted molar refractivity (Wildman–Crippen MR) is 79.9 cm³/mol. The molecule has 0 atom stereocenters. The number of alkyl halides is 4. The molecule has 0 spiro atoms. The van der Waals surface area contributed by atoms with Gasteiger partial charge in [-0.15, -0.1) is 0 Å². The fourth-order valence-corrected chi connectivity index (χ4v) is 2.07. The predicted octanol–water partition coefficient (Wildman–Crippen LogP) is 5.30. The lowest BCUT2D eigenvalue weighted by atomic mass is 9.99. The Kier molecular flexibility index (Phi) is 4.64. The van der Waals surface area contributed by atoms with Gasteiger partial charge in [-0.2, -0.15) is 13.2 Å². The molecule has 0 saturated carbocycles. The molecule has 128 valence electrons. The summed E-state index contributed by atoms with van der Waals surface area (Å²) in [5.41, 5.74) is -2.64. The Morgan fingerprint density at radius 3 is 2.04 bits per heavy atom. The van der Waals surface area contributed by atoms with Crippen LogP contribution in [0.3, 0.4) is 0 Å². The normalized spacial score (nSPS) is 12.1. The maximum atomic E-state index is 14.2. The molecule has 1 heterocycles. The summed E-state index contributed by atoms with van der Waals surface area (Å²) in [6.45, 7) is 3.80. The smallest absolute Gasteiger partial charge is 0.416 e. The van der Waals surface area contributed by atoms with Crippen molar-refractivity contribution in [3.05, 3.63) is 53.2 Å². The number of ketones is 1. The van der Waals surface area contributed by atoms with Crippen molar-refractivity contribution in [3.8, 4) is 11.6 Å². The molecular weight excluding hydrogens is 326 g/mol. The monoisotopic (exact) mass is 341 g/mol. The van der Waals surface area contributed by atoms with E-state index < -0.39 is 17.4 Å². The van der Waals surface area contributed by atoms with Gasteiger partial charge < -0.3 is 4.74 Å². The summed E-state index contributed by atoms with van der Waals surface area (Å²) in [5.74, 6) is -0.238. The maximum absolute atomic E-state index is 14.2. The van der Waals surface area contributed by atoms with Gasteiger partial charge in [0, 0.05) is 11.6 Å². The number of hydrogen-bond donors (Lipinski definition) is 0. The number of hydrogen-bond acceptors (Lipinski definition) is 3. The molecule has 0 amide bonds. The minimum atomic E-state index is -4.44. The lowest BCUT2D eigenvalue weighted by molar-refractivity contribution is -0.137. The van der Waals surface area contributed by atoms with Crippen molar-refractivity contribution in [1.29, 1.82) is 0 Å². The molecule has 0 unspecified atom stereocenters. The van der Waals surface area contributed by atoms with Crippen LogP contribution in [0, 0.1) is 0 Å². The zero-order chi connectivity index (χ0) is 18.1.